The molecular formula is C23H24Cl2N4O2. The van der Waals surface area contributed by atoms with Crippen molar-refractivity contribution < 1.29 is 9.21 Å². The molecule has 2 heterocycles. The number of anilines is 2. The molecule has 0 saturated carbocycles. The van der Waals surface area contributed by atoms with Crippen LogP contribution in [0.4, 0.5) is 11.6 Å². The van der Waals surface area contributed by atoms with E-state index in [1.165, 1.54) is 6.42 Å². The van der Waals surface area contributed by atoms with E-state index in [0.717, 1.165) is 30.2 Å². The number of hydrogen-bond donors (Lipinski definition) is 3. The zero-order chi connectivity index (χ0) is 22.0. The third kappa shape index (κ3) is 4.50. The van der Waals surface area contributed by atoms with E-state index in [0.29, 0.717) is 50.6 Å². The molecule has 2 aromatic carbocycles. The smallest absolute Gasteiger partial charge is 0.255 e. The van der Waals surface area contributed by atoms with Gasteiger partial charge in [0.15, 0.2) is 0 Å². The molecule has 0 unspecified atom stereocenters. The van der Waals surface area contributed by atoms with Crippen molar-refractivity contribution >= 4 is 62.7 Å². The number of fused-ring (bicyclic) bond motifs is 3. The first-order valence-electron chi connectivity index (χ1n) is 10.4. The van der Waals surface area contributed by atoms with Gasteiger partial charge in [0, 0.05) is 11.9 Å². The third-order valence-corrected chi connectivity index (χ3v) is 5.77. The lowest BCUT2D eigenvalue weighted by atomic mass is 10.1. The van der Waals surface area contributed by atoms with Crippen LogP contribution in [0.5, 0.6) is 0 Å². The van der Waals surface area contributed by atoms with Crippen molar-refractivity contribution in [1.82, 2.24) is 15.3 Å². The van der Waals surface area contributed by atoms with Crippen molar-refractivity contribution in [3.8, 4) is 0 Å². The Balaban J connectivity index is 1.67. The summed E-state index contributed by atoms with van der Waals surface area (Å²) in [6, 6.07) is 8.94. The van der Waals surface area contributed by atoms with Gasteiger partial charge in [0.1, 0.15) is 16.9 Å². The maximum absolute atomic E-state index is 12.9. The number of nitrogens with one attached hydrogen (secondary N) is 3. The number of hydrogen-bond acceptors (Lipinski definition) is 4. The molecule has 6 nitrogen and oxygen atoms in total. The van der Waals surface area contributed by atoms with E-state index in [-0.39, 0.29) is 5.91 Å². The second-order valence-electron chi connectivity index (χ2n) is 7.54. The molecule has 162 valence electrons. The number of furan rings is 1. The molecule has 0 aliphatic carbocycles. The van der Waals surface area contributed by atoms with E-state index < -0.39 is 0 Å². The maximum atomic E-state index is 12.9. The summed E-state index contributed by atoms with van der Waals surface area (Å²) in [7, 11) is 0. The van der Waals surface area contributed by atoms with Gasteiger partial charge in [-0.25, -0.2) is 4.98 Å². The van der Waals surface area contributed by atoms with Crippen LogP contribution in [-0.2, 0) is 0 Å². The van der Waals surface area contributed by atoms with Gasteiger partial charge in [-0.15, -0.1) is 0 Å². The van der Waals surface area contributed by atoms with Crippen LogP contribution < -0.4 is 10.6 Å². The van der Waals surface area contributed by atoms with Gasteiger partial charge in [-0.2, -0.15) is 0 Å². The lowest BCUT2D eigenvalue weighted by molar-refractivity contribution is 0.0953. The molecule has 4 aromatic rings. The number of aryl methyl sites for hydroxylation is 1. The summed E-state index contributed by atoms with van der Waals surface area (Å²) in [5.41, 5.74) is 3.00. The minimum absolute atomic E-state index is 0.156. The molecule has 0 atom stereocenters. The van der Waals surface area contributed by atoms with Gasteiger partial charge in [0.2, 0.25) is 5.95 Å². The molecule has 0 aliphatic rings. The number of H-pyrrole nitrogens is 1. The Morgan fingerprint density at radius 1 is 1.16 bits per heavy atom. The first-order valence-corrected chi connectivity index (χ1v) is 11.2. The van der Waals surface area contributed by atoms with Crippen LogP contribution in [0.1, 0.15) is 48.7 Å². The maximum Gasteiger partial charge on any atom is 0.255 e. The van der Waals surface area contributed by atoms with Gasteiger partial charge in [-0.3, -0.25) is 4.79 Å². The number of carbonyl (C=O) groups excluding carboxylic acids is 1. The standard InChI is InChI=1S/C23H24Cl2N4O2/c1-3-4-5-6-10-26-22(30)15-12-18-19(14-11-13(2)31-21(14)15)28-23(27-18)29-20-16(24)8-7-9-17(20)25/h7-9,11-12H,3-6,10H2,1-2H3,(H,26,30)(H2,27,28,29). The van der Waals surface area contributed by atoms with Crippen LogP contribution >= 0.6 is 23.2 Å². The van der Waals surface area contributed by atoms with Gasteiger partial charge in [-0.1, -0.05) is 55.5 Å². The summed E-state index contributed by atoms with van der Waals surface area (Å²) >= 11 is 12.5. The van der Waals surface area contributed by atoms with E-state index >= 15 is 0 Å². The molecule has 0 aliphatic heterocycles. The zero-order valence-electron chi connectivity index (χ0n) is 17.4. The minimum Gasteiger partial charge on any atom is -0.460 e. The van der Waals surface area contributed by atoms with Gasteiger partial charge in [0.05, 0.1) is 26.8 Å². The lowest BCUT2D eigenvalue weighted by Crippen LogP contribution is -2.24. The number of benzene rings is 2. The zero-order valence-corrected chi connectivity index (χ0v) is 19.0. The third-order valence-electron chi connectivity index (χ3n) is 5.14. The first kappa shape index (κ1) is 21.5. The van der Waals surface area contributed by atoms with Crippen molar-refractivity contribution in [3.05, 3.63) is 51.7 Å². The Labute approximate surface area is 190 Å². The fraction of sp³-hybridized carbons (Fsp3) is 0.304. The molecule has 0 radical (unpaired) electrons. The number of nitrogens with zero attached hydrogens (tertiary/aromatic N) is 1. The van der Waals surface area contributed by atoms with E-state index in [1.54, 1.807) is 24.3 Å². The molecular weight excluding hydrogens is 435 g/mol. The van der Waals surface area contributed by atoms with Gasteiger partial charge in [0.25, 0.3) is 5.91 Å². The number of carbonyl (C=O) groups is 1. The number of halogens is 2. The monoisotopic (exact) mass is 458 g/mol. The quantitative estimate of drug-likeness (QED) is 0.248. The second kappa shape index (κ2) is 9.20. The van der Waals surface area contributed by atoms with Gasteiger partial charge < -0.3 is 20.0 Å². The number of aromatic amines is 1. The highest BCUT2D eigenvalue weighted by atomic mass is 35.5. The normalized spacial score (nSPS) is 11.4. The van der Waals surface area contributed by atoms with Crippen molar-refractivity contribution in [3.63, 3.8) is 0 Å². The van der Waals surface area contributed by atoms with Gasteiger partial charge >= 0.3 is 0 Å². The highest BCUT2D eigenvalue weighted by molar-refractivity contribution is 6.39. The van der Waals surface area contributed by atoms with Crippen molar-refractivity contribution in [2.45, 2.75) is 39.5 Å². The van der Waals surface area contributed by atoms with E-state index in [2.05, 4.69) is 27.5 Å². The van der Waals surface area contributed by atoms with Crippen LogP contribution in [0.25, 0.3) is 22.0 Å². The molecule has 0 bridgehead atoms. The summed E-state index contributed by atoms with van der Waals surface area (Å²) < 4.78 is 5.86. The predicted octanol–water partition coefficient (Wildman–Crippen LogP) is 6.98. The number of rotatable bonds is 8. The van der Waals surface area contributed by atoms with Crippen LogP contribution in [0.3, 0.4) is 0 Å². The second-order valence-corrected chi connectivity index (χ2v) is 8.36. The van der Waals surface area contributed by atoms with Crippen LogP contribution in [0.2, 0.25) is 10.0 Å². The average Bonchev–Trinajstić information content (AvgIpc) is 3.32. The fourth-order valence-electron chi connectivity index (χ4n) is 3.61. The van der Waals surface area contributed by atoms with Crippen LogP contribution in [0.15, 0.2) is 34.7 Å². The molecule has 4 rings (SSSR count). The molecule has 2 aromatic heterocycles. The van der Waals surface area contributed by atoms with Crippen LogP contribution in [0, 0.1) is 6.92 Å². The molecule has 3 N–H and O–H groups in total. The van der Waals surface area contributed by atoms with E-state index in [4.69, 9.17) is 27.6 Å². The molecule has 31 heavy (non-hydrogen) atoms. The minimum atomic E-state index is -0.156. The highest BCUT2D eigenvalue weighted by Crippen LogP contribution is 2.34. The number of aromatic nitrogens is 2. The molecule has 8 heteroatoms. The Kier molecular flexibility index (Phi) is 6.39. The van der Waals surface area contributed by atoms with Crippen molar-refractivity contribution in [1.29, 1.82) is 0 Å². The largest absolute Gasteiger partial charge is 0.460 e. The SMILES string of the molecule is CCCCCCNC(=O)c1cc2[nH]c(Nc3c(Cl)cccc3Cl)nc2c2cc(C)oc12. The highest BCUT2D eigenvalue weighted by Gasteiger charge is 2.19. The van der Waals surface area contributed by atoms with Gasteiger partial charge in [-0.05, 0) is 37.6 Å². The van der Waals surface area contributed by atoms with Crippen LogP contribution in [-0.4, -0.2) is 22.4 Å². The average molecular weight is 459 g/mol. The van der Waals surface area contributed by atoms with Crippen molar-refractivity contribution in [2.75, 3.05) is 11.9 Å². The summed E-state index contributed by atoms with van der Waals surface area (Å²) in [5, 5.41) is 7.90. The fourth-order valence-corrected chi connectivity index (χ4v) is 4.10. The molecule has 0 fully saturated rings. The molecule has 0 saturated heterocycles. The number of unbranched alkanes of at least 4 members (excludes halogenated alkanes) is 3. The Hall–Kier alpha value is -2.70. The summed E-state index contributed by atoms with van der Waals surface area (Å²) in [6.45, 7) is 4.66. The van der Waals surface area contributed by atoms with E-state index in [1.807, 2.05) is 13.0 Å². The number of amides is 1. The Morgan fingerprint density at radius 2 is 1.94 bits per heavy atom. The first-order chi connectivity index (χ1) is 15.0. The molecule has 0 spiro atoms. The summed E-state index contributed by atoms with van der Waals surface area (Å²) in [4.78, 5) is 20.7. The topological polar surface area (TPSA) is 83.0 Å². The number of imidazole rings is 1. The molecule has 1 amide bonds. The Bertz CT molecular complexity index is 1230. The number of para-hydroxylation sites is 1. The van der Waals surface area contributed by atoms with Crippen molar-refractivity contribution in [2.24, 2.45) is 0 Å². The Morgan fingerprint density at radius 3 is 2.68 bits per heavy atom. The summed E-state index contributed by atoms with van der Waals surface area (Å²) in [6.07, 6.45) is 4.39. The lowest BCUT2D eigenvalue weighted by Gasteiger charge is -2.07. The summed E-state index contributed by atoms with van der Waals surface area (Å²) in [5.74, 6) is 1.03. The van der Waals surface area contributed by atoms with E-state index in [9.17, 15) is 4.79 Å². The predicted molar refractivity (Wildman–Crippen MR) is 127 cm³/mol.